The second kappa shape index (κ2) is 4.86. The van der Waals surface area contributed by atoms with Gasteiger partial charge < -0.3 is 4.57 Å². The summed E-state index contributed by atoms with van der Waals surface area (Å²) in [5, 5.41) is 19.1. The highest BCUT2D eigenvalue weighted by Gasteiger charge is 2.23. The van der Waals surface area contributed by atoms with E-state index in [1.807, 2.05) is 0 Å². The summed E-state index contributed by atoms with van der Waals surface area (Å²) in [6.07, 6.45) is 1.49. The van der Waals surface area contributed by atoms with Gasteiger partial charge >= 0.3 is 5.69 Å². The molecule has 0 aliphatic carbocycles. The quantitative estimate of drug-likeness (QED) is 0.366. The lowest BCUT2D eigenvalue weighted by atomic mass is 10.4. The first-order chi connectivity index (χ1) is 8.49. The predicted molar refractivity (Wildman–Crippen MR) is 63.6 cm³/mol. The van der Waals surface area contributed by atoms with Crippen molar-refractivity contribution >= 4 is 29.1 Å². The van der Waals surface area contributed by atoms with Crippen molar-refractivity contribution in [2.75, 3.05) is 0 Å². The molecule has 0 saturated heterocycles. The second-order valence-electron chi connectivity index (χ2n) is 3.32. The third-order valence-electron chi connectivity index (χ3n) is 2.04. The van der Waals surface area contributed by atoms with Gasteiger partial charge in [-0.05, 0) is 30.3 Å². The van der Waals surface area contributed by atoms with Crippen LogP contribution >= 0.6 is 23.4 Å². The first-order valence-electron chi connectivity index (χ1n) is 4.69. The molecule has 0 spiro atoms. The Hall–Kier alpha value is -1.74. The topological polar surface area (TPSA) is 99.6 Å². The molecule has 10 heteroatoms. The first kappa shape index (κ1) is 12.7. The Morgan fingerprint density at radius 3 is 2.78 bits per heavy atom. The van der Waals surface area contributed by atoms with Gasteiger partial charge in [-0.25, -0.2) is 9.97 Å². The molecule has 0 aliphatic rings. The van der Waals surface area contributed by atoms with Crippen LogP contribution in [0.15, 0.2) is 16.5 Å². The van der Waals surface area contributed by atoms with Crippen molar-refractivity contribution in [1.82, 2.24) is 24.7 Å². The first-order valence-corrected chi connectivity index (χ1v) is 5.89. The fraction of sp³-hybridized carbons (Fsp3) is 0.250. The average Bonchev–Trinajstić information content (AvgIpc) is 2.62. The van der Waals surface area contributed by atoms with Gasteiger partial charge in [0.15, 0.2) is 10.2 Å². The largest absolute Gasteiger partial charge is 0.322 e. The van der Waals surface area contributed by atoms with Crippen molar-refractivity contribution in [3.63, 3.8) is 0 Å². The number of nitro groups is 1. The van der Waals surface area contributed by atoms with Crippen LogP contribution in [0, 0.1) is 17.0 Å². The van der Waals surface area contributed by atoms with Crippen molar-refractivity contribution in [2.45, 2.75) is 17.1 Å². The third-order valence-corrected chi connectivity index (χ3v) is 3.24. The zero-order valence-corrected chi connectivity index (χ0v) is 10.9. The van der Waals surface area contributed by atoms with Crippen molar-refractivity contribution in [1.29, 1.82) is 0 Å². The molecule has 0 aliphatic heterocycles. The third kappa shape index (κ3) is 2.41. The minimum absolute atomic E-state index is 0.0391. The molecule has 0 unspecified atom stereocenters. The molecule has 0 fully saturated rings. The number of hydrogen-bond donors (Lipinski definition) is 0. The molecule has 8 nitrogen and oxygen atoms in total. The van der Waals surface area contributed by atoms with Crippen molar-refractivity contribution in [3.8, 4) is 0 Å². The number of rotatable bonds is 3. The van der Waals surface area contributed by atoms with Gasteiger partial charge in [0.05, 0.1) is 4.92 Å². The normalized spacial score (nSPS) is 10.6. The number of nitrogens with zero attached hydrogens (tertiary/aromatic N) is 6. The standard InChI is InChI=1S/C8H7ClN6O2S/c1-4-5(15(16)17)6(12-7(9)11-4)18-8-13-10-3-14(8)2/h3H,1-2H3. The van der Waals surface area contributed by atoms with Gasteiger partial charge in [0.25, 0.3) is 0 Å². The maximum atomic E-state index is 11.0. The average molecular weight is 287 g/mol. The molecule has 2 rings (SSSR count). The molecule has 0 atom stereocenters. The Balaban J connectivity index is 2.49. The van der Waals surface area contributed by atoms with E-state index in [2.05, 4.69) is 20.2 Å². The van der Waals surface area contributed by atoms with E-state index < -0.39 is 4.92 Å². The van der Waals surface area contributed by atoms with Gasteiger partial charge in [0.2, 0.25) is 5.28 Å². The lowest BCUT2D eigenvalue weighted by molar-refractivity contribution is -0.389. The molecule has 2 heterocycles. The minimum Gasteiger partial charge on any atom is -0.311 e. The van der Waals surface area contributed by atoms with Crippen molar-refractivity contribution in [3.05, 3.63) is 27.4 Å². The predicted octanol–water partition coefficient (Wildman–Crippen LogP) is 1.63. The summed E-state index contributed by atoms with van der Waals surface area (Å²) in [6.45, 7) is 1.51. The maximum Gasteiger partial charge on any atom is 0.322 e. The highest BCUT2D eigenvalue weighted by Crippen LogP contribution is 2.33. The molecule has 0 bridgehead atoms. The molecule has 2 aromatic heterocycles. The molecule has 18 heavy (non-hydrogen) atoms. The van der Waals surface area contributed by atoms with Crippen LogP contribution in [0.1, 0.15) is 5.69 Å². The second-order valence-corrected chi connectivity index (χ2v) is 4.61. The molecule has 0 saturated carbocycles. The molecular formula is C8H7ClN6O2S. The van der Waals surface area contributed by atoms with Crippen LogP contribution in [0.4, 0.5) is 5.69 Å². The highest BCUT2D eigenvalue weighted by atomic mass is 35.5. The molecule has 0 aromatic carbocycles. The van der Waals surface area contributed by atoms with E-state index in [1.165, 1.54) is 13.3 Å². The Labute approximate surface area is 111 Å². The number of hydrogen-bond acceptors (Lipinski definition) is 7. The van der Waals surface area contributed by atoms with Crippen LogP contribution in [-0.2, 0) is 7.05 Å². The highest BCUT2D eigenvalue weighted by molar-refractivity contribution is 7.99. The van der Waals surface area contributed by atoms with Gasteiger partial charge in [0, 0.05) is 7.05 Å². The molecule has 2 aromatic rings. The molecule has 0 amide bonds. The van der Waals surface area contributed by atoms with Crippen LogP contribution in [0.5, 0.6) is 0 Å². The maximum absolute atomic E-state index is 11.0. The number of aromatic nitrogens is 5. The summed E-state index contributed by atoms with van der Waals surface area (Å²) in [5.74, 6) is 0. The Kier molecular flexibility index (Phi) is 3.43. The fourth-order valence-electron chi connectivity index (χ4n) is 1.24. The summed E-state index contributed by atoms with van der Waals surface area (Å²) in [5.41, 5.74) is 0.0390. The van der Waals surface area contributed by atoms with Crippen LogP contribution in [0.25, 0.3) is 0 Å². The summed E-state index contributed by atoms with van der Waals surface area (Å²) >= 11 is 6.72. The summed E-state index contributed by atoms with van der Waals surface area (Å²) < 4.78 is 1.62. The Bertz CT molecular complexity index is 616. The van der Waals surface area contributed by atoms with E-state index in [9.17, 15) is 10.1 Å². The monoisotopic (exact) mass is 286 g/mol. The minimum atomic E-state index is -0.537. The zero-order valence-electron chi connectivity index (χ0n) is 9.36. The van der Waals surface area contributed by atoms with Gasteiger partial charge in [-0.3, -0.25) is 10.1 Å². The van der Waals surface area contributed by atoms with Crippen LogP contribution in [0.2, 0.25) is 5.28 Å². The number of aryl methyl sites for hydroxylation is 2. The van der Waals surface area contributed by atoms with Gasteiger partial charge in [0.1, 0.15) is 12.0 Å². The van der Waals surface area contributed by atoms with Crippen molar-refractivity contribution in [2.24, 2.45) is 7.05 Å². The lowest BCUT2D eigenvalue weighted by Crippen LogP contribution is -2.01. The van der Waals surface area contributed by atoms with E-state index in [4.69, 9.17) is 11.6 Å². The van der Waals surface area contributed by atoms with Gasteiger partial charge in [-0.2, -0.15) is 0 Å². The number of halogens is 1. The fourth-order valence-corrected chi connectivity index (χ4v) is 2.41. The van der Waals surface area contributed by atoms with E-state index in [1.54, 1.807) is 11.6 Å². The molecular weight excluding hydrogens is 280 g/mol. The SMILES string of the molecule is Cc1nc(Cl)nc(Sc2nncn2C)c1[N+](=O)[O-]. The Morgan fingerprint density at radius 2 is 2.22 bits per heavy atom. The van der Waals surface area contributed by atoms with E-state index in [-0.39, 0.29) is 21.7 Å². The summed E-state index contributed by atoms with van der Waals surface area (Å²) in [7, 11) is 1.73. The Morgan fingerprint density at radius 1 is 1.50 bits per heavy atom. The molecule has 0 N–H and O–H groups in total. The zero-order chi connectivity index (χ0) is 13.3. The van der Waals surface area contributed by atoms with Gasteiger partial charge in [-0.1, -0.05) is 0 Å². The van der Waals surface area contributed by atoms with Gasteiger partial charge in [-0.15, -0.1) is 10.2 Å². The van der Waals surface area contributed by atoms with E-state index in [0.29, 0.717) is 5.16 Å². The summed E-state index contributed by atoms with van der Waals surface area (Å²) in [4.78, 5) is 18.1. The lowest BCUT2D eigenvalue weighted by Gasteiger charge is -2.03. The van der Waals surface area contributed by atoms with Crippen LogP contribution in [0.3, 0.4) is 0 Å². The van der Waals surface area contributed by atoms with Crippen LogP contribution < -0.4 is 0 Å². The smallest absolute Gasteiger partial charge is 0.311 e. The molecule has 0 radical (unpaired) electrons. The van der Waals surface area contributed by atoms with E-state index >= 15 is 0 Å². The molecule has 94 valence electrons. The van der Waals surface area contributed by atoms with E-state index in [0.717, 1.165) is 11.8 Å². The summed E-state index contributed by atoms with van der Waals surface area (Å²) in [6, 6.07) is 0. The van der Waals surface area contributed by atoms with Crippen LogP contribution in [-0.4, -0.2) is 29.7 Å². The van der Waals surface area contributed by atoms with Crippen molar-refractivity contribution < 1.29 is 4.92 Å².